The summed E-state index contributed by atoms with van der Waals surface area (Å²) >= 11 is 6.03. The number of carbonyl (C=O) groups excluding carboxylic acids is 2. The van der Waals surface area contributed by atoms with Gasteiger partial charge in [-0.15, -0.1) is 0 Å². The monoisotopic (exact) mass is 696 g/mol. The van der Waals surface area contributed by atoms with Crippen LogP contribution >= 0.6 is 11.6 Å². The third kappa shape index (κ3) is 9.11. The minimum atomic E-state index is -0.601. The lowest BCUT2D eigenvalue weighted by Crippen LogP contribution is -2.62. The van der Waals surface area contributed by atoms with Crippen LogP contribution < -0.4 is 5.32 Å². The second-order valence-electron chi connectivity index (χ2n) is 14.9. The summed E-state index contributed by atoms with van der Waals surface area (Å²) in [5, 5.41) is 4.12. The van der Waals surface area contributed by atoms with Crippen LogP contribution in [0.3, 0.4) is 0 Å². The molecule has 2 aliphatic heterocycles. The van der Waals surface area contributed by atoms with Gasteiger partial charge in [-0.2, -0.15) is 0 Å². The van der Waals surface area contributed by atoms with Crippen molar-refractivity contribution in [1.82, 2.24) is 29.7 Å². The maximum absolute atomic E-state index is 13.8. The molecule has 1 aliphatic carbocycles. The molecule has 3 aliphatic rings. The number of hydrogen-bond acceptors (Lipinski definition) is 6. The molecule has 4 aromatic rings. The van der Waals surface area contributed by atoms with Crippen LogP contribution in [0.15, 0.2) is 85.6 Å². The molecule has 2 saturated heterocycles. The molecule has 4 heterocycles. The molecule has 0 spiro atoms. The zero-order chi connectivity index (χ0) is 35.1. The van der Waals surface area contributed by atoms with E-state index < -0.39 is 17.7 Å². The zero-order valence-electron chi connectivity index (χ0n) is 29.5. The SMILES string of the molecule is CC(C)(C)OC(=O)N1CCNC[C@@H]1C(=O)N1CCCC(Cc2ccccc2)(Cn2ccnc2)C1.Clc1ccc2c(c1)CCc1cccnc1C2. The average molecular weight is 697 g/mol. The van der Waals surface area contributed by atoms with Crippen LogP contribution in [0.2, 0.25) is 5.02 Å². The van der Waals surface area contributed by atoms with E-state index in [1.165, 1.54) is 27.9 Å². The summed E-state index contributed by atoms with van der Waals surface area (Å²) in [5.41, 5.74) is 5.88. The molecule has 2 aromatic heterocycles. The molecule has 0 bridgehead atoms. The largest absolute Gasteiger partial charge is 0.444 e. The molecular weight excluding hydrogens is 648 g/mol. The highest BCUT2D eigenvalue weighted by atomic mass is 35.5. The number of ether oxygens (including phenoxy) is 1. The number of rotatable bonds is 5. The fraction of sp³-hybridized carbons (Fsp3) is 0.450. The van der Waals surface area contributed by atoms with Crippen molar-refractivity contribution < 1.29 is 14.3 Å². The summed E-state index contributed by atoms with van der Waals surface area (Å²) < 4.78 is 7.73. The molecule has 0 saturated carbocycles. The van der Waals surface area contributed by atoms with Crippen molar-refractivity contribution in [2.75, 3.05) is 32.7 Å². The highest BCUT2D eigenvalue weighted by Gasteiger charge is 2.42. The number of likely N-dealkylation sites (tertiary alicyclic amines) is 1. The minimum Gasteiger partial charge on any atom is -0.444 e. The second kappa shape index (κ2) is 15.8. The maximum Gasteiger partial charge on any atom is 0.411 e. The van der Waals surface area contributed by atoms with Gasteiger partial charge in [0.05, 0.1) is 6.33 Å². The molecular formula is C40H49ClN6O3. The summed E-state index contributed by atoms with van der Waals surface area (Å²) in [4.78, 5) is 39.0. The van der Waals surface area contributed by atoms with Gasteiger partial charge >= 0.3 is 6.09 Å². The van der Waals surface area contributed by atoms with Gasteiger partial charge in [0.1, 0.15) is 11.6 Å². The van der Waals surface area contributed by atoms with Crippen LogP contribution in [0.25, 0.3) is 0 Å². The molecule has 50 heavy (non-hydrogen) atoms. The molecule has 2 aromatic carbocycles. The van der Waals surface area contributed by atoms with Crippen molar-refractivity contribution in [3.8, 4) is 0 Å². The van der Waals surface area contributed by atoms with Crippen LogP contribution in [-0.2, 0) is 41.8 Å². The Hall–Kier alpha value is -4.21. The van der Waals surface area contributed by atoms with Gasteiger partial charge in [0.25, 0.3) is 0 Å². The fourth-order valence-electron chi connectivity index (χ4n) is 7.50. The Balaban J connectivity index is 0.000000223. The summed E-state index contributed by atoms with van der Waals surface area (Å²) in [7, 11) is 0. The van der Waals surface area contributed by atoms with Crippen molar-refractivity contribution in [3.63, 3.8) is 0 Å². The summed E-state index contributed by atoms with van der Waals surface area (Å²) in [6.45, 7) is 9.26. The number of amides is 2. The van der Waals surface area contributed by atoms with Crippen molar-refractivity contribution in [1.29, 1.82) is 0 Å². The Labute approximate surface area is 301 Å². The second-order valence-corrected chi connectivity index (χ2v) is 15.3. The lowest BCUT2D eigenvalue weighted by atomic mass is 9.74. The molecule has 7 rings (SSSR count). The van der Waals surface area contributed by atoms with E-state index in [0.717, 1.165) is 50.1 Å². The molecule has 0 radical (unpaired) electrons. The number of piperazine rings is 1. The molecule has 2 fully saturated rings. The van der Waals surface area contributed by atoms with Crippen molar-refractivity contribution in [2.45, 2.75) is 77.5 Å². The Morgan fingerprint density at radius 3 is 2.60 bits per heavy atom. The number of piperidine rings is 1. The van der Waals surface area contributed by atoms with Gasteiger partial charge < -0.3 is 19.5 Å². The van der Waals surface area contributed by atoms with E-state index in [2.05, 4.69) is 62.3 Å². The Kier molecular flexibility index (Phi) is 11.2. The number of carbonyl (C=O) groups is 2. The first-order chi connectivity index (χ1) is 24.1. The van der Waals surface area contributed by atoms with Crippen LogP contribution in [0, 0.1) is 5.41 Å². The minimum absolute atomic E-state index is 0.000766. The summed E-state index contributed by atoms with van der Waals surface area (Å²) in [5.74, 6) is 0.000766. The third-order valence-corrected chi connectivity index (χ3v) is 10.0. The van der Waals surface area contributed by atoms with Crippen LogP contribution in [0.4, 0.5) is 4.79 Å². The quantitative estimate of drug-likeness (QED) is 0.261. The average Bonchev–Trinajstić information content (AvgIpc) is 3.54. The number of pyridine rings is 1. The van der Waals surface area contributed by atoms with E-state index in [9.17, 15) is 9.59 Å². The number of benzene rings is 2. The van der Waals surface area contributed by atoms with E-state index >= 15 is 0 Å². The molecule has 1 unspecified atom stereocenters. The lowest BCUT2D eigenvalue weighted by Gasteiger charge is -2.46. The van der Waals surface area contributed by atoms with E-state index in [0.29, 0.717) is 32.7 Å². The summed E-state index contributed by atoms with van der Waals surface area (Å²) in [6, 6.07) is 20.3. The van der Waals surface area contributed by atoms with Crippen LogP contribution in [0.5, 0.6) is 0 Å². The van der Waals surface area contributed by atoms with Gasteiger partial charge in [0, 0.05) is 80.4 Å². The smallest absolute Gasteiger partial charge is 0.411 e. The van der Waals surface area contributed by atoms with Gasteiger partial charge in [0.2, 0.25) is 5.91 Å². The Morgan fingerprint density at radius 1 is 1.00 bits per heavy atom. The van der Waals surface area contributed by atoms with Crippen LogP contribution in [-0.4, -0.2) is 80.7 Å². The number of fused-ring (bicyclic) bond motifs is 2. The topological polar surface area (TPSA) is 92.6 Å². The van der Waals surface area contributed by atoms with Gasteiger partial charge in [-0.3, -0.25) is 14.7 Å². The molecule has 2 amide bonds. The van der Waals surface area contributed by atoms with Crippen molar-refractivity contribution in [3.05, 3.63) is 119 Å². The molecule has 10 heteroatoms. The van der Waals surface area contributed by atoms with Gasteiger partial charge in [-0.25, -0.2) is 9.78 Å². The number of nitrogens with one attached hydrogen (secondary N) is 1. The molecule has 2 atom stereocenters. The lowest BCUT2D eigenvalue weighted by molar-refractivity contribution is -0.141. The molecule has 1 N–H and O–H groups in total. The van der Waals surface area contributed by atoms with Crippen molar-refractivity contribution >= 4 is 23.6 Å². The molecule has 9 nitrogen and oxygen atoms in total. The number of aromatic nitrogens is 3. The van der Waals surface area contributed by atoms with E-state index in [1.54, 1.807) is 11.1 Å². The third-order valence-electron chi connectivity index (χ3n) is 9.80. The number of aryl methyl sites for hydroxylation is 2. The zero-order valence-corrected chi connectivity index (χ0v) is 30.2. The first kappa shape index (κ1) is 35.6. The fourth-order valence-corrected chi connectivity index (χ4v) is 7.70. The Morgan fingerprint density at radius 2 is 1.82 bits per heavy atom. The molecule has 264 valence electrons. The van der Waals surface area contributed by atoms with E-state index in [4.69, 9.17) is 16.3 Å². The normalized spacial score (nSPS) is 20.4. The van der Waals surface area contributed by atoms with Gasteiger partial charge in [0.15, 0.2) is 0 Å². The first-order valence-electron chi connectivity index (χ1n) is 17.8. The number of nitrogens with zero attached hydrogens (tertiary/aromatic N) is 5. The predicted octanol–water partition coefficient (Wildman–Crippen LogP) is 6.37. The van der Waals surface area contributed by atoms with Gasteiger partial charge in [-0.05, 0) is 93.3 Å². The highest BCUT2D eigenvalue weighted by Crippen LogP contribution is 2.36. The number of hydrogen-bond donors (Lipinski definition) is 1. The standard InChI is InChI=1S/C26H37N5O3.C14H12ClN/c1-25(2,3)34-24(33)31-15-12-27-17-22(31)23(32)30-13-7-10-26(19-30,18-29-14-11-28-20-29)16-21-8-5-4-6-9-21;15-13-6-5-12-9-14-10(2-1-7-16-14)3-4-11(12)8-13/h4-6,8-9,11,14,20,22,27H,7,10,12-13,15-19H2,1-3H3;1-2,5-8H,3-4,9H2/t22-,26?;/m1./s1. The maximum atomic E-state index is 13.8. The number of halogens is 1. The van der Waals surface area contributed by atoms with E-state index in [1.807, 2.05) is 62.6 Å². The highest BCUT2D eigenvalue weighted by molar-refractivity contribution is 6.30. The summed E-state index contributed by atoms with van der Waals surface area (Å²) in [6.07, 6.45) is 13.0. The number of imidazole rings is 1. The first-order valence-corrected chi connectivity index (χ1v) is 18.1. The van der Waals surface area contributed by atoms with Crippen LogP contribution in [0.1, 0.15) is 61.6 Å². The van der Waals surface area contributed by atoms with Gasteiger partial charge in [-0.1, -0.05) is 54.1 Å². The van der Waals surface area contributed by atoms with E-state index in [-0.39, 0.29) is 11.3 Å². The predicted molar refractivity (Wildman–Crippen MR) is 196 cm³/mol. The van der Waals surface area contributed by atoms with Crippen molar-refractivity contribution in [2.24, 2.45) is 5.41 Å². The Bertz CT molecular complexity index is 1740.